The molecule has 3 nitrogen and oxygen atoms in total. The van der Waals surface area contributed by atoms with E-state index in [2.05, 4.69) is 6.58 Å². The molecule has 0 fully saturated rings. The monoisotopic (exact) mass is 242 g/mol. The van der Waals surface area contributed by atoms with Crippen LogP contribution in [0, 0.1) is 0 Å². The summed E-state index contributed by atoms with van der Waals surface area (Å²) in [7, 11) is 1.36. The highest BCUT2D eigenvalue weighted by Gasteiger charge is 2.16. The molecule has 0 saturated carbocycles. The topological polar surface area (TPSA) is 35.5 Å². The number of carbonyl (C=O) groups excluding carboxylic acids is 1. The van der Waals surface area contributed by atoms with Crippen LogP contribution in [0.15, 0.2) is 49.1 Å². The maximum Gasteiger partial charge on any atom is 0.342 e. The van der Waals surface area contributed by atoms with Crippen molar-refractivity contribution in [1.29, 1.82) is 0 Å². The molecule has 0 amide bonds. The van der Waals surface area contributed by atoms with E-state index in [4.69, 9.17) is 9.47 Å². The molecule has 2 aromatic carbocycles. The fourth-order valence-electron chi connectivity index (χ4n) is 1.83. The summed E-state index contributed by atoms with van der Waals surface area (Å²) in [5.41, 5.74) is 0.456. The number of esters is 1. The minimum Gasteiger partial charge on any atom is -0.489 e. The number of benzene rings is 2. The summed E-state index contributed by atoms with van der Waals surface area (Å²) in [6, 6.07) is 11.3. The second-order valence-electron chi connectivity index (χ2n) is 3.75. The molecule has 0 aliphatic rings. The van der Waals surface area contributed by atoms with Crippen LogP contribution in [-0.2, 0) is 4.74 Å². The molecule has 0 N–H and O–H groups in total. The summed E-state index contributed by atoms with van der Waals surface area (Å²) in [6.07, 6.45) is 1.64. The van der Waals surface area contributed by atoms with Gasteiger partial charge in [-0.25, -0.2) is 4.79 Å². The minimum absolute atomic E-state index is 0.350. The van der Waals surface area contributed by atoms with Gasteiger partial charge in [-0.15, -0.1) is 0 Å². The third-order valence-corrected chi connectivity index (χ3v) is 2.64. The van der Waals surface area contributed by atoms with Gasteiger partial charge in [0.15, 0.2) is 0 Å². The van der Waals surface area contributed by atoms with Crippen LogP contribution in [0.5, 0.6) is 5.75 Å². The summed E-state index contributed by atoms with van der Waals surface area (Å²) >= 11 is 0. The molecule has 2 rings (SSSR count). The Labute approximate surface area is 106 Å². The molecule has 0 saturated heterocycles. The zero-order valence-corrected chi connectivity index (χ0v) is 10.2. The first-order chi connectivity index (χ1) is 8.77. The number of hydrogen-bond acceptors (Lipinski definition) is 3. The second-order valence-corrected chi connectivity index (χ2v) is 3.75. The lowest BCUT2D eigenvalue weighted by Crippen LogP contribution is -2.06. The number of fused-ring (bicyclic) bond motifs is 1. The van der Waals surface area contributed by atoms with Crippen LogP contribution < -0.4 is 4.74 Å². The predicted octanol–water partition coefficient (Wildman–Crippen LogP) is 3.19. The Balaban J connectivity index is 2.62. The van der Waals surface area contributed by atoms with Crippen molar-refractivity contribution in [2.45, 2.75) is 0 Å². The van der Waals surface area contributed by atoms with Crippen molar-refractivity contribution in [1.82, 2.24) is 0 Å². The molecular weight excluding hydrogens is 228 g/mol. The number of hydrogen-bond donors (Lipinski definition) is 0. The molecule has 0 aromatic heterocycles. The van der Waals surface area contributed by atoms with Crippen molar-refractivity contribution >= 4 is 16.7 Å². The van der Waals surface area contributed by atoms with E-state index in [0.717, 1.165) is 10.8 Å². The van der Waals surface area contributed by atoms with E-state index in [1.54, 1.807) is 12.1 Å². The van der Waals surface area contributed by atoms with Crippen LogP contribution in [0.3, 0.4) is 0 Å². The number of rotatable bonds is 4. The molecule has 18 heavy (non-hydrogen) atoms. The van der Waals surface area contributed by atoms with Gasteiger partial charge in [0.25, 0.3) is 0 Å². The van der Waals surface area contributed by atoms with Crippen molar-refractivity contribution in [3.05, 3.63) is 54.6 Å². The van der Waals surface area contributed by atoms with E-state index in [1.807, 2.05) is 30.3 Å². The zero-order chi connectivity index (χ0) is 13.0. The SMILES string of the molecule is C=CCOc1ccc2ccccc2c1C(=O)OC. The maximum absolute atomic E-state index is 11.9. The van der Waals surface area contributed by atoms with Crippen molar-refractivity contribution < 1.29 is 14.3 Å². The predicted molar refractivity (Wildman–Crippen MR) is 71.0 cm³/mol. The Morgan fingerprint density at radius 3 is 2.78 bits per heavy atom. The minimum atomic E-state index is -0.397. The summed E-state index contributed by atoms with van der Waals surface area (Å²) in [4.78, 5) is 11.9. The first-order valence-corrected chi connectivity index (χ1v) is 5.61. The smallest absolute Gasteiger partial charge is 0.342 e. The van der Waals surface area contributed by atoms with E-state index < -0.39 is 5.97 Å². The van der Waals surface area contributed by atoms with Crippen molar-refractivity contribution in [2.24, 2.45) is 0 Å². The first-order valence-electron chi connectivity index (χ1n) is 5.61. The normalized spacial score (nSPS) is 10.1. The molecule has 92 valence electrons. The van der Waals surface area contributed by atoms with Crippen molar-refractivity contribution in [3.63, 3.8) is 0 Å². The highest BCUT2D eigenvalue weighted by atomic mass is 16.5. The first kappa shape index (κ1) is 12.2. The summed E-state index contributed by atoms with van der Waals surface area (Å²) < 4.78 is 10.3. The average Bonchev–Trinajstić information content (AvgIpc) is 2.43. The Morgan fingerprint density at radius 2 is 2.06 bits per heavy atom. The van der Waals surface area contributed by atoms with Gasteiger partial charge < -0.3 is 9.47 Å². The lowest BCUT2D eigenvalue weighted by atomic mass is 10.0. The fourth-order valence-corrected chi connectivity index (χ4v) is 1.83. The van der Waals surface area contributed by atoms with E-state index in [0.29, 0.717) is 17.9 Å². The lowest BCUT2D eigenvalue weighted by molar-refractivity contribution is 0.0599. The van der Waals surface area contributed by atoms with Gasteiger partial charge in [-0.3, -0.25) is 0 Å². The van der Waals surface area contributed by atoms with Crippen LogP contribution in [0.4, 0.5) is 0 Å². The molecule has 3 heteroatoms. The maximum atomic E-state index is 11.9. The molecule has 0 heterocycles. The Morgan fingerprint density at radius 1 is 1.28 bits per heavy atom. The van der Waals surface area contributed by atoms with E-state index in [-0.39, 0.29) is 0 Å². The van der Waals surface area contributed by atoms with Gasteiger partial charge in [-0.05, 0) is 16.8 Å². The molecule has 0 atom stereocenters. The summed E-state index contributed by atoms with van der Waals surface area (Å²) in [5, 5.41) is 1.80. The second kappa shape index (κ2) is 5.36. The summed E-state index contributed by atoms with van der Waals surface area (Å²) in [5.74, 6) is 0.117. The van der Waals surface area contributed by atoms with Crippen LogP contribution in [-0.4, -0.2) is 19.7 Å². The van der Waals surface area contributed by atoms with Crippen LogP contribution >= 0.6 is 0 Å². The lowest BCUT2D eigenvalue weighted by Gasteiger charge is -2.11. The van der Waals surface area contributed by atoms with Gasteiger partial charge in [0, 0.05) is 0 Å². The summed E-state index contributed by atoms with van der Waals surface area (Å²) in [6.45, 7) is 3.94. The number of carbonyl (C=O) groups is 1. The Kier molecular flexibility index (Phi) is 3.63. The number of methoxy groups -OCH3 is 1. The van der Waals surface area contributed by atoms with E-state index in [9.17, 15) is 4.79 Å². The fraction of sp³-hybridized carbons (Fsp3) is 0.133. The largest absolute Gasteiger partial charge is 0.489 e. The van der Waals surface area contributed by atoms with Crippen LogP contribution in [0.25, 0.3) is 10.8 Å². The quantitative estimate of drug-likeness (QED) is 0.610. The van der Waals surface area contributed by atoms with E-state index >= 15 is 0 Å². The van der Waals surface area contributed by atoms with Crippen LogP contribution in [0.2, 0.25) is 0 Å². The molecule has 0 aliphatic carbocycles. The molecule has 0 bridgehead atoms. The molecule has 0 radical (unpaired) electrons. The van der Waals surface area contributed by atoms with Gasteiger partial charge in [-0.1, -0.05) is 43.0 Å². The van der Waals surface area contributed by atoms with Crippen molar-refractivity contribution in [3.8, 4) is 5.75 Å². The zero-order valence-electron chi connectivity index (χ0n) is 10.2. The van der Waals surface area contributed by atoms with Gasteiger partial charge in [0.2, 0.25) is 0 Å². The molecular formula is C15H14O3. The molecule has 0 spiro atoms. The molecule has 0 unspecified atom stereocenters. The van der Waals surface area contributed by atoms with Crippen molar-refractivity contribution in [2.75, 3.05) is 13.7 Å². The van der Waals surface area contributed by atoms with Gasteiger partial charge in [-0.2, -0.15) is 0 Å². The highest BCUT2D eigenvalue weighted by Crippen LogP contribution is 2.28. The third kappa shape index (κ3) is 2.20. The average molecular weight is 242 g/mol. The van der Waals surface area contributed by atoms with Crippen LogP contribution in [0.1, 0.15) is 10.4 Å². The highest BCUT2D eigenvalue weighted by molar-refractivity contribution is 6.07. The molecule has 2 aromatic rings. The van der Waals surface area contributed by atoms with Gasteiger partial charge in [0.05, 0.1) is 7.11 Å². The Bertz CT molecular complexity index is 587. The van der Waals surface area contributed by atoms with Gasteiger partial charge in [0.1, 0.15) is 17.9 Å². The number of ether oxygens (including phenoxy) is 2. The Hall–Kier alpha value is -2.29. The standard InChI is InChI=1S/C15H14O3/c1-3-10-18-13-9-8-11-6-4-5-7-12(11)14(13)15(16)17-2/h3-9H,1,10H2,2H3. The van der Waals surface area contributed by atoms with E-state index in [1.165, 1.54) is 7.11 Å². The van der Waals surface area contributed by atoms with Gasteiger partial charge >= 0.3 is 5.97 Å². The third-order valence-electron chi connectivity index (χ3n) is 2.64. The molecule has 0 aliphatic heterocycles.